The van der Waals surface area contributed by atoms with Crippen LogP contribution >= 0.6 is 15.9 Å². The fourth-order valence-corrected chi connectivity index (χ4v) is 3.25. The zero-order chi connectivity index (χ0) is 19.2. The molecule has 0 aliphatic carbocycles. The van der Waals surface area contributed by atoms with Gasteiger partial charge in [0.15, 0.2) is 5.96 Å². The smallest absolute Gasteiger partial charge is 0.191 e. The number of nitrogens with zero attached hydrogens (tertiary/aromatic N) is 4. The Bertz CT molecular complexity index is 908. The van der Waals surface area contributed by atoms with E-state index in [1.807, 2.05) is 35.9 Å². The molecule has 0 aliphatic heterocycles. The SMILES string of the molecule is CCNC(=NCc1c(CC)noc1CC)NCc1cn2cc(Br)ccc2n1. The van der Waals surface area contributed by atoms with E-state index in [0.29, 0.717) is 13.1 Å². The lowest BCUT2D eigenvalue weighted by Gasteiger charge is -2.10. The highest BCUT2D eigenvalue weighted by Gasteiger charge is 2.13. The average Bonchev–Trinajstić information content (AvgIpc) is 3.26. The Morgan fingerprint density at radius 2 is 2.04 bits per heavy atom. The van der Waals surface area contributed by atoms with Gasteiger partial charge >= 0.3 is 0 Å². The van der Waals surface area contributed by atoms with Crippen molar-refractivity contribution >= 4 is 27.5 Å². The largest absolute Gasteiger partial charge is 0.361 e. The third-order valence-corrected chi connectivity index (χ3v) is 4.72. The zero-order valence-corrected chi connectivity index (χ0v) is 17.5. The maximum absolute atomic E-state index is 5.42. The fraction of sp³-hybridized carbons (Fsp3) is 0.421. The van der Waals surface area contributed by atoms with Gasteiger partial charge in [0.05, 0.1) is 24.5 Å². The lowest BCUT2D eigenvalue weighted by molar-refractivity contribution is 0.380. The molecule has 0 saturated heterocycles. The summed E-state index contributed by atoms with van der Waals surface area (Å²) in [6.07, 6.45) is 5.67. The number of pyridine rings is 1. The Morgan fingerprint density at radius 1 is 1.19 bits per heavy atom. The summed E-state index contributed by atoms with van der Waals surface area (Å²) in [4.78, 5) is 9.33. The summed E-state index contributed by atoms with van der Waals surface area (Å²) in [5.74, 6) is 1.67. The fourth-order valence-electron chi connectivity index (χ4n) is 2.89. The van der Waals surface area contributed by atoms with Crippen LogP contribution in [0, 0.1) is 0 Å². The van der Waals surface area contributed by atoms with Crippen molar-refractivity contribution in [3.63, 3.8) is 0 Å². The van der Waals surface area contributed by atoms with Crippen molar-refractivity contribution in [2.45, 2.75) is 46.7 Å². The van der Waals surface area contributed by atoms with E-state index in [-0.39, 0.29) is 0 Å². The number of fused-ring (bicyclic) bond motifs is 1. The molecule has 0 bridgehead atoms. The predicted octanol–water partition coefficient (Wildman–Crippen LogP) is 3.46. The summed E-state index contributed by atoms with van der Waals surface area (Å²) in [5.41, 5.74) is 3.95. The summed E-state index contributed by atoms with van der Waals surface area (Å²) in [6.45, 7) is 8.12. The maximum Gasteiger partial charge on any atom is 0.191 e. The molecule has 3 heterocycles. The molecule has 0 unspecified atom stereocenters. The molecule has 8 heteroatoms. The molecule has 3 rings (SSSR count). The standard InChI is InChI=1S/C19H25BrN6O/c1-4-16-15(17(5-2)27-25-16)10-23-19(21-6-3)22-9-14-12-26-11-13(20)7-8-18(26)24-14/h7-8,11-12H,4-6,9-10H2,1-3H3,(H2,21,22,23). The van der Waals surface area contributed by atoms with E-state index in [1.54, 1.807) is 0 Å². The molecule has 3 aromatic rings. The van der Waals surface area contributed by atoms with Crippen molar-refractivity contribution in [3.05, 3.63) is 51.7 Å². The van der Waals surface area contributed by atoms with Crippen molar-refractivity contribution in [2.75, 3.05) is 6.54 Å². The monoisotopic (exact) mass is 432 g/mol. The van der Waals surface area contributed by atoms with Crippen LogP contribution in [0.4, 0.5) is 0 Å². The minimum atomic E-state index is 0.545. The molecule has 0 saturated carbocycles. The summed E-state index contributed by atoms with van der Waals surface area (Å²) >= 11 is 3.48. The van der Waals surface area contributed by atoms with Crippen LogP contribution in [0.15, 0.2) is 38.5 Å². The molecule has 0 aromatic carbocycles. The number of guanidine groups is 1. The van der Waals surface area contributed by atoms with Crippen molar-refractivity contribution in [1.82, 2.24) is 25.2 Å². The van der Waals surface area contributed by atoms with E-state index in [4.69, 9.17) is 9.52 Å². The van der Waals surface area contributed by atoms with E-state index in [0.717, 1.165) is 58.2 Å². The van der Waals surface area contributed by atoms with Crippen LogP contribution in [0.2, 0.25) is 0 Å². The van der Waals surface area contributed by atoms with Gasteiger partial charge in [-0.1, -0.05) is 19.0 Å². The molecule has 7 nitrogen and oxygen atoms in total. The average molecular weight is 433 g/mol. The topological polar surface area (TPSA) is 79.8 Å². The number of nitrogens with one attached hydrogen (secondary N) is 2. The Balaban J connectivity index is 1.71. The van der Waals surface area contributed by atoms with Gasteiger partial charge in [0.2, 0.25) is 0 Å². The molecular weight excluding hydrogens is 408 g/mol. The van der Waals surface area contributed by atoms with Crippen molar-refractivity contribution in [2.24, 2.45) is 4.99 Å². The van der Waals surface area contributed by atoms with Crippen LogP contribution in [-0.4, -0.2) is 27.0 Å². The highest BCUT2D eigenvalue weighted by Crippen LogP contribution is 2.17. The minimum absolute atomic E-state index is 0.545. The van der Waals surface area contributed by atoms with E-state index in [9.17, 15) is 0 Å². The molecule has 0 radical (unpaired) electrons. The van der Waals surface area contributed by atoms with Gasteiger partial charge in [0, 0.05) is 35.4 Å². The Labute approximate surface area is 167 Å². The first kappa shape index (κ1) is 19.4. The van der Waals surface area contributed by atoms with Gasteiger partial charge in [-0.25, -0.2) is 9.98 Å². The molecule has 0 amide bonds. The van der Waals surface area contributed by atoms with Gasteiger partial charge in [0.1, 0.15) is 11.4 Å². The number of aryl methyl sites for hydroxylation is 2. The van der Waals surface area contributed by atoms with Crippen LogP contribution < -0.4 is 10.6 Å². The normalized spacial score (nSPS) is 11.9. The van der Waals surface area contributed by atoms with Gasteiger partial charge in [-0.2, -0.15) is 0 Å². The zero-order valence-electron chi connectivity index (χ0n) is 15.9. The molecule has 144 valence electrons. The summed E-state index contributed by atoms with van der Waals surface area (Å²) in [6, 6.07) is 3.97. The van der Waals surface area contributed by atoms with E-state index >= 15 is 0 Å². The summed E-state index contributed by atoms with van der Waals surface area (Å²) < 4.78 is 8.45. The highest BCUT2D eigenvalue weighted by atomic mass is 79.9. The number of aliphatic imine (C=N–C) groups is 1. The first-order valence-electron chi connectivity index (χ1n) is 9.26. The Kier molecular flexibility index (Phi) is 6.49. The molecule has 2 N–H and O–H groups in total. The lowest BCUT2D eigenvalue weighted by atomic mass is 10.1. The molecule has 3 aromatic heterocycles. The molecule has 27 heavy (non-hydrogen) atoms. The van der Waals surface area contributed by atoms with Crippen LogP contribution in [0.25, 0.3) is 5.65 Å². The van der Waals surface area contributed by atoms with Gasteiger partial charge < -0.3 is 19.6 Å². The number of aromatic nitrogens is 3. The second-order valence-electron chi connectivity index (χ2n) is 6.13. The third-order valence-electron chi connectivity index (χ3n) is 4.25. The van der Waals surface area contributed by atoms with Crippen LogP contribution in [0.3, 0.4) is 0 Å². The predicted molar refractivity (Wildman–Crippen MR) is 110 cm³/mol. The lowest BCUT2D eigenvalue weighted by Crippen LogP contribution is -2.36. The second kappa shape index (κ2) is 9.03. The maximum atomic E-state index is 5.42. The minimum Gasteiger partial charge on any atom is -0.361 e. The van der Waals surface area contributed by atoms with Gasteiger partial charge in [-0.05, 0) is 41.4 Å². The first-order valence-corrected chi connectivity index (χ1v) is 10.1. The Hall–Kier alpha value is -2.35. The third kappa shape index (κ3) is 4.68. The molecular formula is C19H25BrN6O. The molecule has 0 atom stereocenters. The van der Waals surface area contributed by atoms with Gasteiger partial charge in [0.25, 0.3) is 0 Å². The van der Waals surface area contributed by atoms with Crippen molar-refractivity contribution < 1.29 is 4.52 Å². The van der Waals surface area contributed by atoms with Crippen molar-refractivity contribution in [1.29, 1.82) is 0 Å². The number of halogens is 1. The Morgan fingerprint density at radius 3 is 2.78 bits per heavy atom. The molecule has 0 aliphatic rings. The number of imidazole rings is 1. The number of rotatable bonds is 7. The molecule has 0 spiro atoms. The highest BCUT2D eigenvalue weighted by molar-refractivity contribution is 9.10. The van der Waals surface area contributed by atoms with Gasteiger partial charge in [-0.15, -0.1) is 0 Å². The summed E-state index contributed by atoms with van der Waals surface area (Å²) in [5, 5.41) is 10.8. The van der Waals surface area contributed by atoms with Gasteiger partial charge in [-0.3, -0.25) is 0 Å². The van der Waals surface area contributed by atoms with E-state index in [1.165, 1.54) is 0 Å². The van der Waals surface area contributed by atoms with Crippen LogP contribution in [0.1, 0.15) is 43.5 Å². The van der Waals surface area contributed by atoms with Crippen LogP contribution in [-0.2, 0) is 25.9 Å². The first-order chi connectivity index (χ1) is 13.1. The second-order valence-corrected chi connectivity index (χ2v) is 7.05. The van der Waals surface area contributed by atoms with E-state index < -0.39 is 0 Å². The van der Waals surface area contributed by atoms with Crippen molar-refractivity contribution in [3.8, 4) is 0 Å². The number of hydrogen-bond donors (Lipinski definition) is 2. The molecule has 0 fully saturated rings. The quantitative estimate of drug-likeness (QED) is 0.441. The number of hydrogen-bond acceptors (Lipinski definition) is 4. The summed E-state index contributed by atoms with van der Waals surface area (Å²) in [7, 11) is 0. The van der Waals surface area contributed by atoms with E-state index in [2.05, 4.69) is 50.6 Å². The van der Waals surface area contributed by atoms with Crippen LogP contribution in [0.5, 0.6) is 0 Å².